The lowest BCUT2D eigenvalue weighted by Crippen LogP contribution is -2.27. The number of nitrogens with zero attached hydrogens (tertiary/aromatic N) is 2. The van der Waals surface area contributed by atoms with Crippen LogP contribution in [0.25, 0.3) is 0 Å². The van der Waals surface area contributed by atoms with Gasteiger partial charge < -0.3 is 5.32 Å². The highest BCUT2D eigenvalue weighted by atomic mass is 32.2. The summed E-state index contributed by atoms with van der Waals surface area (Å²) in [7, 11) is 0. The molecule has 0 spiro atoms. The summed E-state index contributed by atoms with van der Waals surface area (Å²) in [6.07, 6.45) is 1.10. The average Bonchev–Trinajstić information content (AvgIpc) is 2.31. The Kier molecular flexibility index (Phi) is 3.63. The smallest absolute Gasteiger partial charge is 0.161 e. The molecule has 0 aliphatic carbocycles. The molecular formula is C14H17N3S. The number of aryl methyl sites for hydroxylation is 1. The van der Waals surface area contributed by atoms with Crippen LogP contribution >= 0.6 is 11.8 Å². The number of anilines is 1. The summed E-state index contributed by atoms with van der Waals surface area (Å²) in [5, 5.41) is 13.2. The first-order chi connectivity index (χ1) is 8.50. The molecule has 1 aliphatic heterocycles. The summed E-state index contributed by atoms with van der Waals surface area (Å²) >= 11 is 1.74. The lowest BCUT2D eigenvalue weighted by Gasteiger charge is -2.26. The van der Waals surface area contributed by atoms with Crippen LogP contribution in [0.2, 0.25) is 0 Å². The van der Waals surface area contributed by atoms with E-state index < -0.39 is 0 Å². The molecule has 0 saturated carbocycles. The van der Waals surface area contributed by atoms with Crippen LogP contribution in [0.4, 0.5) is 5.69 Å². The van der Waals surface area contributed by atoms with E-state index >= 15 is 0 Å². The molecule has 3 nitrogen and oxygen atoms in total. The van der Waals surface area contributed by atoms with Crippen molar-refractivity contribution in [2.45, 2.75) is 32.7 Å². The summed E-state index contributed by atoms with van der Waals surface area (Å²) in [5.41, 5.74) is 2.77. The zero-order valence-corrected chi connectivity index (χ0v) is 11.8. The fraction of sp³-hybridized carbons (Fsp3) is 0.429. The van der Waals surface area contributed by atoms with Crippen LogP contribution in [0.3, 0.4) is 0 Å². The van der Waals surface area contributed by atoms with Gasteiger partial charge in [-0.2, -0.15) is 5.26 Å². The molecule has 1 heterocycles. The van der Waals surface area contributed by atoms with Gasteiger partial charge in [0.05, 0.1) is 17.2 Å². The number of hydrogen-bond donors (Lipinski definition) is 1. The van der Waals surface area contributed by atoms with E-state index in [2.05, 4.69) is 25.2 Å². The molecule has 1 aromatic rings. The molecule has 0 saturated heterocycles. The minimum atomic E-state index is 0.00826. The fourth-order valence-electron chi connectivity index (χ4n) is 1.77. The highest BCUT2D eigenvalue weighted by Crippen LogP contribution is 2.27. The van der Waals surface area contributed by atoms with Gasteiger partial charge in [0.1, 0.15) is 0 Å². The molecule has 0 unspecified atom stereocenters. The standard InChI is InChI=1S/C14H17N3S/c1-10-4-5-11(9-15)8-12(10)16-13-17-14(2,3)6-7-18-13/h4-5,8H,6-7H2,1-3H3,(H,16,17). The Morgan fingerprint density at radius 3 is 2.89 bits per heavy atom. The van der Waals surface area contributed by atoms with E-state index in [4.69, 9.17) is 10.3 Å². The molecule has 1 aliphatic rings. The Hall–Kier alpha value is -1.47. The first-order valence-electron chi connectivity index (χ1n) is 6.01. The van der Waals surface area contributed by atoms with Gasteiger partial charge in [-0.3, -0.25) is 4.99 Å². The second-order valence-corrected chi connectivity index (χ2v) is 6.18. The highest BCUT2D eigenvalue weighted by Gasteiger charge is 2.22. The Labute approximate surface area is 112 Å². The van der Waals surface area contributed by atoms with Gasteiger partial charge in [-0.15, -0.1) is 0 Å². The molecule has 1 aromatic carbocycles. The van der Waals surface area contributed by atoms with E-state index in [1.165, 1.54) is 0 Å². The van der Waals surface area contributed by atoms with Gasteiger partial charge in [-0.05, 0) is 44.9 Å². The number of amidine groups is 1. The van der Waals surface area contributed by atoms with Gasteiger partial charge in [0.2, 0.25) is 0 Å². The zero-order valence-electron chi connectivity index (χ0n) is 10.9. The molecule has 18 heavy (non-hydrogen) atoms. The van der Waals surface area contributed by atoms with Crippen LogP contribution in [0.5, 0.6) is 0 Å². The van der Waals surface area contributed by atoms with Crippen LogP contribution in [-0.4, -0.2) is 16.5 Å². The molecule has 0 atom stereocenters. The maximum Gasteiger partial charge on any atom is 0.161 e. The Balaban J connectivity index is 2.24. The van der Waals surface area contributed by atoms with Crippen LogP contribution in [0.1, 0.15) is 31.4 Å². The van der Waals surface area contributed by atoms with E-state index in [1.807, 2.05) is 25.1 Å². The van der Waals surface area contributed by atoms with Gasteiger partial charge in [0.25, 0.3) is 0 Å². The van der Waals surface area contributed by atoms with Crippen molar-refractivity contribution in [3.05, 3.63) is 29.3 Å². The Bertz CT molecular complexity index is 526. The van der Waals surface area contributed by atoms with Crippen LogP contribution < -0.4 is 5.32 Å². The van der Waals surface area contributed by atoms with Crippen molar-refractivity contribution in [2.75, 3.05) is 11.1 Å². The van der Waals surface area contributed by atoms with E-state index in [0.717, 1.165) is 28.6 Å². The normalized spacial score (nSPS) is 17.8. The topological polar surface area (TPSA) is 48.2 Å². The number of hydrogen-bond acceptors (Lipinski definition) is 4. The highest BCUT2D eigenvalue weighted by molar-refractivity contribution is 8.14. The minimum Gasteiger partial charge on any atom is -0.335 e. The number of nitriles is 1. The van der Waals surface area contributed by atoms with E-state index in [9.17, 15) is 0 Å². The van der Waals surface area contributed by atoms with Gasteiger partial charge in [0, 0.05) is 11.4 Å². The first-order valence-corrected chi connectivity index (χ1v) is 6.99. The second kappa shape index (κ2) is 5.03. The SMILES string of the molecule is Cc1ccc(C#N)cc1NC1=NC(C)(C)CCS1. The number of aliphatic imine (C=N–C) groups is 1. The lowest BCUT2D eigenvalue weighted by molar-refractivity contribution is 0.507. The van der Waals surface area contributed by atoms with Crippen molar-refractivity contribution in [3.8, 4) is 6.07 Å². The maximum absolute atomic E-state index is 8.93. The minimum absolute atomic E-state index is 0.00826. The monoisotopic (exact) mass is 259 g/mol. The van der Waals surface area contributed by atoms with E-state index in [1.54, 1.807) is 11.8 Å². The van der Waals surface area contributed by atoms with Crippen molar-refractivity contribution < 1.29 is 0 Å². The third-order valence-electron chi connectivity index (χ3n) is 2.97. The van der Waals surface area contributed by atoms with Gasteiger partial charge >= 0.3 is 0 Å². The quantitative estimate of drug-likeness (QED) is 0.839. The molecule has 4 heteroatoms. The molecule has 0 radical (unpaired) electrons. The lowest BCUT2D eigenvalue weighted by atomic mass is 10.0. The van der Waals surface area contributed by atoms with Crippen LogP contribution in [0.15, 0.2) is 23.2 Å². The fourth-order valence-corrected chi connectivity index (χ4v) is 3.05. The molecule has 1 N–H and O–H groups in total. The third-order valence-corrected chi connectivity index (χ3v) is 3.84. The summed E-state index contributed by atoms with van der Waals surface area (Å²) in [4.78, 5) is 4.69. The van der Waals surface area contributed by atoms with Crippen molar-refractivity contribution in [1.82, 2.24) is 0 Å². The third kappa shape index (κ3) is 3.05. The summed E-state index contributed by atoms with van der Waals surface area (Å²) in [5.74, 6) is 1.08. The molecule has 0 aromatic heterocycles. The van der Waals surface area contributed by atoms with Crippen molar-refractivity contribution in [3.63, 3.8) is 0 Å². The Morgan fingerprint density at radius 2 is 2.22 bits per heavy atom. The number of rotatable bonds is 1. The molecule has 0 bridgehead atoms. The Morgan fingerprint density at radius 1 is 1.44 bits per heavy atom. The number of benzene rings is 1. The second-order valence-electron chi connectivity index (χ2n) is 5.09. The largest absolute Gasteiger partial charge is 0.335 e. The van der Waals surface area contributed by atoms with Gasteiger partial charge in [-0.25, -0.2) is 0 Å². The van der Waals surface area contributed by atoms with Crippen molar-refractivity contribution in [1.29, 1.82) is 5.26 Å². The zero-order chi connectivity index (χ0) is 13.2. The average molecular weight is 259 g/mol. The summed E-state index contributed by atoms with van der Waals surface area (Å²) < 4.78 is 0. The summed E-state index contributed by atoms with van der Waals surface area (Å²) in [6, 6.07) is 7.83. The molecular weight excluding hydrogens is 242 g/mol. The first kappa shape index (κ1) is 13.0. The van der Waals surface area contributed by atoms with Crippen LogP contribution in [-0.2, 0) is 0 Å². The molecule has 94 valence electrons. The maximum atomic E-state index is 8.93. The molecule has 2 rings (SSSR count). The van der Waals surface area contributed by atoms with Crippen molar-refractivity contribution >= 4 is 22.6 Å². The number of nitrogens with one attached hydrogen (secondary N) is 1. The van der Waals surface area contributed by atoms with Gasteiger partial charge in [-0.1, -0.05) is 17.8 Å². The van der Waals surface area contributed by atoms with Crippen molar-refractivity contribution in [2.24, 2.45) is 4.99 Å². The van der Waals surface area contributed by atoms with Crippen LogP contribution in [0, 0.1) is 18.3 Å². The van der Waals surface area contributed by atoms with E-state index in [-0.39, 0.29) is 5.54 Å². The van der Waals surface area contributed by atoms with Gasteiger partial charge in [0.15, 0.2) is 5.17 Å². The molecule has 0 amide bonds. The predicted molar refractivity (Wildman–Crippen MR) is 78.1 cm³/mol. The van der Waals surface area contributed by atoms with E-state index in [0.29, 0.717) is 5.56 Å². The summed E-state index contributed by atoms with van der Waals surface area (Å²) in [6.45, 7) is 6.32. The predicted octanol–water partition coefficient (Wildman–Crippen LogP) is 3.55. The molecule has 0 fully saturated rings. The number of thioether (sulfide) groups is 1.